The van der Waals surface area contributed by atoms with E-state index in [1.54, 1.807) is 12.1 Å². The van der Waals surface area contributed by atoms with E-state index in [4.69, 9.17) is 29.0 Å². The van der Waals surface area contributed by atoms with Gasteiger partial charge in [0.05, 0.1) is 10.0 Å². The molecule has 0 radical (unpaired) electrons. The van der Waals surface area contributed by atoms with Crippen molar-refractivity contribution < 1.29 is 0 Å². The fourth-order valence-corrected chi connectivity index (χ4v) is 2.17. The normalized spacial score (nSPS) is 10.7. The van der Waals surface area contributed by atoms with Crippen molar-refractivity contribution in [3.63, 3.8) is 0 Å². The lowest BCUT2D eigenvalue weighted by atomic mass is 10.0. The summed E-state index contributed by atoms with van der Waals surface area (Å²) >= 11 is 11.9. The number of nitrogen functional groups attached to an aromatic ring is 1. The molecule has 0 spiro atoms. The number of hydrogen-bond donors (Lipinski definition) is 3. The molecule has 5 nitrogen and oxygen atoms in total. The molecule has 1 heterocycles. The number of nitrogens with zero attached hydrogens (tertiary/aromatic N) is 2. The van der Waals surface area contributed by atoms with Crippen molar-refractivity contribution in [2.24, 2.45) is 5.84 Å². The van der Waals surface area contributed by atoms with E-state index in [9.17, 15) is 0 Å². The van der Waals surface area contributed by atoms with Gasteiger partial charge in [0.15, 0.2) is 0 Å². The first-order chi connectivity index (χ1) is 9.52. The van der Waals surface area contributed by atoms with Gasteiger partial charge in [-0.1, -0.05) is 37.0 Å². The highest BCUT2D eigenvalue weighted by Crippen LogP contribution is 2.31. The Balaban J connectivity index is 2.40. The van der Waals surface area contributed by atoms with E-state index >= 15 is 0 Å². The Kier molecular flexibility index (Phi) is 4.65. The van der Waals surface area contributed by atoms with Gasteiger partial charge in [-0.3, -0.25) is 0 Å². The third-order valence-electron chi connectivity index (χ3n) is 2.78. The molecule has 1 aromatic carbocycles. The third-order valence-corrected chi connectivity index (χ3v) is 3.52. The summed E-state index contributed by atoms with van der Waals surface area (Å²) in [6, 6.07) is 5.30. The first-order valence-corrected chi connectivity index (χ1v) is 6.82. The van der Waals surface area contributed by atoms with Gasteiger partial charge in [0.25, 0.3) is 0 Å². The van der Waals surface area contributed by atoms with Crippen LogP contribution in [-0.4, -0.2) is 9.97 Å². The minimum Gasteiger partial charge on any atom is -0.340 e. The van der Waals surface area contributed by atoms with Gasteiger partial charge < -0.3 is 10.7 Å². The lowest BCUT2D eigenvalue weighted by Crippen LogP contribution is -2.14. The minimum absolute atomic E-state index is 0.201. The zero-order valence-electron chi connectivity index (χ0n) is 11.1. The minimum atomic E-state index is 0.201. The van der Waals surface area contributed by atoms with Crippen molar-refractivity contribution >= 4 is 40.5 Å². The lowest BCUT2D eigenvalue weighted by molar-refractivity contribution is 0.850. The maximum absolute atomic E-state index is 6.00. The number of anilines is 3. The van der Waals surface area contributed by atoms with Crippen molar-refractivity contribution in [3.8, 4) is 0 Å². The van der Waals surface area contributed by atoms with Crippen molar-refractivity contribution in [1.29, 1.82) is 0 Å². The fraction of sp³-hybridized carbons (Fsp3) is 0.231. The van der Waals surface area contributed by atoms with E-state index in [0.717, 1.165) is 11.3 Å². The Morgan fingerprint density at radius 2 is 1.80 bits per heavy atom. The summed E-state index contributed by atoms with van der Waals surface area (Å²) in [5.41, 5.74) is 4.28. The van der Waals surface area contributed by atoms with Crippen LogP contribution in [0.4, 0.5) is 17.3 Å². The van der Waals surface area contributed by atoms with Crippen molar-refractivity contribution in [2.45, 2.75) is 19.8 Å². The van der Waals surface area contributed by atoms with E-state index in [-0.39, 0.29) is 5.92 Å². The molecule has 0 aliphatic heterocycles. The third kappa shape index (κ3) is 3.12. The van der Waals surface area contributed by atoms with Gasteiger partial charge in [-0.25, -0.2) is 15.8 Å². The van der Waals surface area contributed by atoms with Crippen molar-refractivity contribution in [3.05, 3.63) is 40.1 Å². The molecule has 7 heteroatoms. The summed E-state index contributed by atoms with van der Waals surface area (Å²) in [6.07, 6.45) is 1.45. The van der Waals surface area contributed by atoms with E-state index in [0.29, 0.717) is 21.7 Å². The number of benzene rings is 1. The van der Waals surface area contributed by atoms with Crippen LogP contribution >= 0.6 is 23.2 Å². The molecule has 0 fully saturated rings. The van der Waals surface area contributed by atoms with Crippen LogP contribution in [0.25, 0.3) is 0 Å². The van der Waals surface area contributed by atoms with Crippen LogP contribution in [0.3, 0.4) is 0 Å². The lowest BCUT2D eigenvalue weighted by Gasteiger charge is -2.16. The maximum Gasteiger partial charge on any atom is 0.148 e. The summed E-state index contributed by atoms with van der Waals surface area (Å²) in [5.74, 6) is 6.97. The molecular formula is C13H15Cl2N5. The van der Waals surface area contributed by atoms with Crippen LogP contribution in [0, 0.1) is 0 Å². The second kappa shape index (κ2) is 6.26. The van der Waals surface area contributed by atoms with Gasteiger partial charge in [-0.15, -0.1) is 0 Å². The first-order valence-electron chi connectivity index (χ1n) is 6.06. The highest BCUT2D eigenvalue weighted by Gasteiger charge is 2.14. The zero-order valence-corrected chi connectivity index (χ0v) is 12.6. The Labute approximate surface area is 127 Å². The maximum atomic E-state index is 6.00. The summed E-state index contributed by atoms with van der Waals surface area (Å²) in [5, 5.41) is 4.20. The monoisotopic (exact) mass is 311 g/mol. The summed E-state index contributed by atoms with van der Waals surface area (Å²) in [7, 11) is 0. The van der Waals surface area contributed by atoms with Crippen molar-refractivity contribution in [2.75, 3.05) is 10.7 Å². The van der Waals surface area contributed by atoms with Gasteiger partial charge in [-0.05, 0) is 24.1 Å². The predicted molar refractivity (Wildman–Crippen MR) is 83.7 cm³/mol. The van der Waals surface area contributed by atoms with Crippen molar-refractivity contribution in [1.82, 2.24) is 9.97 Å². The number of nitrogens with one attached hydrogen (secondary N) is 2. The molecule has 0 aliphatic rings. The van der Waals surface area contributed by atoms with Gasteiger partial charge in [-0.2, -0.15) is 0 Å². The molecule has 20 heavy (non-hydrogen) atoms. The molecule has 0 saturated carbocycles. The second-order valence-electron chi connectivity index (χ2n) is 4.54. The van der Waals surface area contributed by atoms with Crippen LogP contribution in [0.15, 0.2) is 24.5 Å². The second-order valence-corrected chi connectivity index (χ2v) is 5.35. The number of hydrogen-bond acceptors (Lipinski definition) is 5. The Morgan fingerprint density at radius 1 is 1.10 bits per heavy atom. The molecular weight excluding hydrogens is 297 g/mol. The molecule has 0 unspecified atom stereocenters. The SMILES string of the molecule is CC(C)c1c(NN)ncnc1Nc1ccc(Cl)c(Cl)c1. The summed E-state index contributed by atoms with van der Waals surface area (Å²) in [6.45, 7) is 4.08. The first kappa shape index (κ1) is 14.8. The average Bonchev–Trinajstić information content (AvgIpc) is 2.42. The largest absolute Gasteiger partial charge is 0.340 e. The Hall–Kier alpha value is -1.56. The summed E-state index contributed by atoms with van der Waals surface area (Å²) < 4.78 is 0. The van der Waals surface area contributed by atoms with Crippen LogP contribution in [0.1, 0.15) is 25.3 Å². The molecule has 0 aliphatic carbocycles. The number of nitrogens with two attached hydrogens (primary N) is 1. The van der Waals surface area contributed by atoms with Crippen LogP contribution in [0.2, 0.25) is 10.0 Å². The molecule has 106 valence electrons. The standard InChI is InChI=1S/C13H15Cl2N5/c1-7(2)11-12(17-6-18-13(11)20-16)19-8-3-4-9(14)10(15)5-8/h3-7H,16H2,1-2H3,(H2,17,18,19,20). The quantitative estimate of drug-likeness (QED) is 0.589. The molecule has 4 N–H and O–H groups in total. The van der Waals surface area contributed by atoms with Crippen LogP contribution in [0.5, 0.6) is 0 Å². The zero-order chi connectivity index (χ0) is 14.7. The topological polar surface area (TPSA) is 75.9 Å². The van der Waals surface area contributed by atoms with E-state index < -0.39 is 0 Å². The number of hydrazine groups is 1. The van der Waals surface area contributed by atoms with Crippen LogP contribution in [-0.2, 0) is 0 Å². The molecule has 0 saturated heterocycles. The summed E-state index contributed by atoms with van der Waals surface area (Å²) in [4.78, 5) is 8.38. The fourth-order valence-electron chi connectivity index (χ4n) is 1.87. The Bertz CT molecular complexity index is 616. The number of halogens is 2. The number of aromatic nitrogens is 2. The molecule has 2 aromatic rings. The molecule has 0 bridgehead atoms. The molecule has 0 amide bonds. The van der Waals surface area contributed by atoms with Crippen LogP contribution < -0.4 is 16.6 Å². The Morgan fingerprint density at radius 3 is 2.40 bits per heavy atom. The predicted octanol–water partition coefficient (Wildman–Crippen LogP) is 3.94. The van der Waals surface area contributed by atoms with E-state index in [2.05, 4.69) is 20.7 Å². The van der Waals surface area contributed by atoms with Gasteiger partial charge in [0.2, 0.25) is 0 Å². The highest BCUT2D eigenvalue weighted by atomic mass is 35.5. The number of rotatable bonds is 4. The van der Waals surface area contributed by atoms with Gasteiger partial charge in [0, 0.05) is 11.3 Å². The molecule has 2 rings (SSSR count). The van der Waals surface area contributed by atoms with E-state index in [1.165, 1.54) is 6.33 Å². The average molecular weight is 312 g/mol. The van der Waals surface area contributed by atoms with E-state index in [1.807, 2.05) is 19.9 Å². The van der Waals surface area contributed by atoms with Gasteiger partial charge >= 0.3 is 0 Å². The molecule has 1 aromatic heterocycles. The smallest absolute Gasteiger partial charge is 0.148 e. The van der Waals surface area contributed by atoms with Gasteiger partial charge in [0.1, 0.15) is 18.0 Å². The molecule has 0 atom stereocenters. The highest BCUT2D eigenvalue weighted by molar-refractivity contribution is 6.42.